The number of nitrogens with one attached hydrogen (secondary N) is 1. The highest BCUT2D eigenvalue weighted by atomic mass is 16.2. The van der Waals surface area contributed by atoms with Gasteiger partial charge in [0.05, 0.1) is 5.69 Å². The largest absolute Gasteiger partial charge is 0.364 e. The number of nitrogens with two attached hydrogens (primary N) is 1. The minimum atomic E-state index is -0.698. The summed E-state index contributed by atoms with van der Waals surface area (Å²) in [6, 6.07) is 7.72. The Morgan fingerprint density at radius 2 is 1.77 bits per heavy atom. The van der Waals surface area contributed by atoms with Crippen molar-refractivity contribution in [1.82, 2.24) is 19.5 Å². The Bertz CT molecular complexity index is 1040. The first-order valence-corrected chi connectivity index (χ1v) is 8.53. The number of benzene rings is 1. The summed E-state index contributed by atoms with van der Waals surface area (Å²) in [5, 5.41) is 0. The van der Waals surface area contributed by atoms with Crippen molar-refractivity contribution in [3.63, 3.8) is 0 Å². The molecule has 7 heteroatoms. The summed E-state index contributed by atoms with van der Waals surface area (Å²) < 4.78 is 1.45. The molecule has 136 valence electrons. The van der Waals surface area contributed by atoms with Crippen LogP contribution in [0.15, 0.2) is 29.1 Å². The molecule has 0 aliphatic heterocycles. The van der Waals surface area contributed by atoms with E-state index in [4.69, 9.17) is 5.73 Å². The molecular formula is C19H23N5O2. The highest BCUT2D eigenvalue weighted by molar-refractivity contribution is 6.01. The van der Waals surface area contributed by atoms with E-state index in [9.17, 15) is 9.59 Å². The van der Waals surface area contributed by atoms with Crippen LogP contribution in [0, 0.1) is 0 Å². The summed E-state index contributed by atoms with van der Waals surface area (Å²) in [4.78, 5) is 35.8. The fourth-order valence-corrected chi connectivity index (χ4v) is 2.79. The number of primary amides is 1. The van der Waals surface area contributed by atoms with Gasteiger partial charge in [-0.1, -0.05) is 46.8 Å². The van der Waals surface area contributed by atoms with Gasteiger partial charge in [0.2, 0.25) is 0 Å². The van der Waals surface area contributed by atoms with Crippen LogP contribution in [0.4, 0.5) is 0 Å². The van der Waals surface area contributed by atoms with Gasteiger partial charge in [-0.2, -0.15) is 0 Å². The van der Waals surface area contributed by atoms with Crippen molar-refractivity contribution < 1.29 is 4.79 Å². The minimum absolute atomic E-state index is 0.00975. The maximum atomic E-state index is 12.6. The van der Waals surface area contributed by atoms with E-state index in [0.717, 1.165) is 5.56 Å². The smallest absolute Gasteiger partial charge is 0.332 e. The molecule has 2 heterocycles. The zero-order valence-electron chi connectivity index (χ0n) is 15.6. The van der Waals surface area contributed by atoms with Crippen LogP contribution in [0.2, 0.25) is 0 Å². The molecule has 0 atom stereocenters. The monoisotopic (exact) mass is 353 g/mol. The van der Waals surface area contributed by atoms with E-state index < -0.39 is 5.91 Å². The zero-order chi connectivity index (χ0) is 19.2. The summed E-state index contributed by atoms with van der Waals surface area (Å²) in [5.74, 6) is -0.250. The van der Waals surface area contributed by atoms with Crippen LogP contribution in [-0.2, 0) is 5.41 Å². The van der Waals surface area contributed by atoms with E-state index in [1.165, 1.54) is 4.57 Å². The lowest BCUT2D eigenvalue weighted by atomic mass is 9.87. The highest BCUT2D eigenvalue weighted by Gasteiger charge is 2.21. The number of imidazole rings is 1. The van der Waals surface area contributed by atoms with Gasteiger partial charge in [0.1, 0.15) is 11.3 Å². The van der Waals surface area contributed by atoms with E-state index in [2.05, 4.69) is 35.7 Å². The van der Waals surface area contributed by atoms with Gasteiger partial charge in [-0.15, -0.1) is 0 Å². The van der Waals surface area contributed by atoms with E-state index in [-0.39, 0.29) is 28.2 Å². The summed E-state index contributed by atoms with van der Waals surface area (Å²) in [5.41, 5.74) is 7.54. The van der Waals surface area contributed by atoms with Crippen LogP contribution in [0.1, 0.15) is 62.4 Å². The fourth-order valence-electron chi connectivity index (χ4n) is 2.79. The fraction of sp³-hybridized carbons (Fsp3) is 0.368. The van der Waals surface area contributed by atoms with Crippen LogP contribution in [0.5, 0.6) is 0 Å². The highest BCUT2D eigenvalue weighted by Crippen LogP contribution is 2.24. The minimum Gasteiger partial charge on any atom is -0.364 e. The summed E-state index contributed by atoms with van der Waals surface area (Å²) in [7, 11) is 0. The molecule has 0 aliphatic rings. The van der Waals surface area contributed by atoms with Crippen LogP contribution < -0.4 is 11.4 Å². The second-order valence-electron chi connectivity index (χ2n) is 7.71. The Hall–Kier alpha value is -2.96. The van der Waals surface area contributed by atoms with Crippen molar-refractivity contribution in [1.29, 1.82) is 0 Å². The Balaban J connectivity index is 2.28. The number of rotatable bonds is 3. The molecule has 26 heavy (non-hydrogen) atoms. The third-order valence-corrected chi connectivity index (χ3v) is 4.30. The molecule has 2 aromatic heterocycles. The number of carbonyl (C=O) groups excluding carboxylic acids is 1. The molecule has 3 N–H and O–H groups in total. The normalized spacial score (nSPS) is 12.1. The maximum Gasteiger partial charge on any atom is 0.332 e. The molecule has 0 saturated carbocycles. The molecule has 0 fully saturated rings. The van der Waals surface area contributed by atoms with Crippen molar-refractivity contribution >= 4 is 17.1 Å². The van der Waals surface area contributed by atoms with Gasteiger partial charge >= 0.3 is 5.69 Å². The van der Waals surface area contributed by atoms with E-state index in [1.54, 1.807) is 0 Å². The summed E-state index contributed by atoms with van der Waals surface area (Å²) >= 11 is 0. The predicted octanol–water partition coefficient (Wildman–Crippen LogP) is 2.63. The lowest BCUT2D eigenvalue weighted by Gasteiger charge is -2.19. The number of aromatic nitrogens is 4. The summed E-state index contributed by atoms with van der Waals surface area (Å²) in [6.07, 6.45) is 0. The van der Waals surface area contributed by atoms with Gasteiger partial charge < -0.3 is 10.7 Å². The molecule has 0 spiro atoms. The maximum absolute atomic E-state index is 12.6. The quantitative estimate of drug-likeness (QED) is 0.755. The van der Waals surface area contributed by atoms with Gasteiger partial charge in [0, 0.05) is 5.92 Å². The number of fused-ring (bicyclic) bond motifs is 1. The number of aromatic amines is 1. The number of hydrogen-bond donors (Lipinski definition) is 2. The van der Waals surface area contributed by atoms with Crippen molar-refractivity contribution in [3.05, 3.63) is 51.8 Å². The lowest BCUT2D eigenvalue weighted by Crippen LogP contribution is -2.17. The van der Waals surface area contributed by atoms with Crippen LogP contribution in [-0.4, -0.2) is 25.4 Å². The number of amides is 1. The predicted molar refractivity (Wildman–Crippen MR) is 101 cm³/mol. The Labute approximate surface area is 151 Å². The molecule has 7 nitrogen and oxygen atoms in total. The van der Waals surface area contributed by atoms with Crippen molar-refractivity contribution in [3.8, 4) is 5.69 Å². The van der Waals surface area contributed by atoms with E-state index >= 15 is 0 Å². The van der Waals surface area contributed by atoms with Gasteiger partial charge in [-0.3, -0.25) is 4.79 Å². The molecule has 0 unspecified atom stereocenters. The molecule has 3 aromatic rings. The Morgan fingerprint density at radius 3 is 2.27 bits per heavy atom. The molecule has 1 aromatic carbocycles. The third kappa shape index (κ3) is 3.00. The molecule has 1 amide bonds. The number of hydrogen-bond acceptors (Lipinski definition) is 4. The molecule has 0 bridgehead atoms. The molecular weight excluding hydrogens is 330 g/mol. The Kier molecular flexibility index (Phi) is 4.18. The van der Waals surface area contributed by atoms with Gasteiger partial charge in [0.15, 0.2) is 11.3 Å². The van der Waals surface area contributed by atoms with E-state index in [1.807, 2.05) is 38.1 Å². The number of H-pyrrole nitrogens is 1. The molecule has 0 aliphatic carbocycles. The van der Waals surface area contributed by atoms with E-state index in [0.29, 0.717) is 17.2 Å². The van der Waals surface area contributed by atoms with Gasteiger partial charge in [-0.25, -0.2) is 19.3 Å². The first-order valence-electron chi connectivity index (χ1n) is 8.53. The lowest BCUT2D eigenvalue weighted by molar-refractivity contribution is 0.0996. The van der Waals surface area contributed by atoms with Crippen molar-refractivity contribution in [2.24, 2.45) is 5.73 Å². The molecule has 3 rings (SSSR count). The van der Waals surface area contributed by atoms with Crippen LogP contribution >= 0.6 is 0 Å². The number of nitrogens with zero attached hydrogens (tertiary/aromatic N) is 3. The molecule has 0 radical (unpaired) electrons. The first-order chi connectivity index (χ1) is 12.1. The van der Waals surface area contributed by atoms with Crippen molar-refractivity contribution in [2.45, 2.75) is 46.0 Å². The average molecular weight is 353 g/mol. The summed E-state index contributed by atoms with van der Waals surface area (Å²) in [6.45, 7) is 10.2. The SMILES string of the molecule is CC(C)c1nc(C(N)=O)c2[nH]c(=O)n(-c3ccc(C(C)(C)C)cc3)c2n1. The van der Waals surface area contributed by atoms with Gasteiger partial charge in [0.25, 0.3) is 5.91 Å². The molecule has 0 saturated heterocycles. The average Bonchev–Trinajstić information content (AvgIpc) is 2.88. The van der Waals surface area contributed by atoms with Crippen LogP contribution in [0.25, 0.3) is 16.9 Å². The second kappa shape index (κ2) is 6.09. The first kappa shape index (κ1) is 17.8. The second-order valence-corrected chi connectivity index (χ2v) is 7.71. The zero-order valence-corrected chi connectivity index (χ0v) is 15.6. The topological polar surface area (TPSA) is 107 Å². The van der Waals surface area contributed by atoms with Gasteiger partial charge in [-0.05, 0) is 23.1 Å². The Morgan fingerprint density at radius 1 is 1.15 bits per heavy atom. The van der Waals surface area contributed by atoms with Crippen molar-refractivity contribution in [2.75, 3.05) is 0 Å². The van der Waals surface area contributed by atoms with Crippen LogP contribution in [0.3, 0.4) is 0 Å². The third-order valence-electron chi connectivity index (χ3n) is 4.30. The number of carbonyl (C=O) groups is 1. The standard InChI is InChI=1S/C19H23N5O2/c1-10(2)16-21-13(15(20)25)14-17(23-16)24(18(26)22-14)12-8-6-11(7-9-12)19(3,4)5/h6-10H,1-5H3,(H2,20,25)(H,22,26).